The van der Waals surface area contributed by atoms with Crippen molar-refractivity contribution in [2.24, 2.45) is 0 Å². The van der Waals surface area contributed by atoms with Gasteiger partial charge in [-0.2, -0.15) is 0 Å². The molecule has 3 aromatic carbocycles. The molecule has 2 N–H and O–H groups in total. The van der Waals surface area contributed by atoms with Crippen LogP contribution < -0.4 is 20.1 Å². The Hall–Kier alpha value is -4.39. The van der Waals surface area contributed by atoms with Crippen LogP contribution in [-0.4, -0.2) is 24.9 Å². The van der Waals surface area contributed by atoms with Gasteiger partial charge < -0.3 is 20.1 Å². The molecule has 0 bridgehead atoms. The summed E-state index contributed by atoms with van der Waals surface area (Å²) < 4.78 is 10.1. The molecule has 168 valence electrons. The van der Waals surface area contributed by atoms with E-state index in [1.165, 1.54) is 19.1 Å². The second kappa shape index (κ2) is 11.3. The van der Waals surface area contributed by atoms with E-state index >= 15 is 0 Å². The Kier molecular flexibility index (Phi) is 7.96. The first-order chi connectivity index (χ1) is 15.9. The molecule has 2 amide bonds. The number of methoxy groups -OCH3 is 1. The van der Waals surface area contributed by atoms with Crippen LogP contribution in [0.25, 0.3) is 6.08 Å². The number of amides is 2. The fourth-order valence-corrected chi connectivity index (χ4v) is 2.91. The molecular weight excluding hydrogens is 420 g/mol. The second-order valence-corrected chi connectivity index (χ2v) is 7.10. The molecule has 7 nitrogen and oxygen atoms in total. The van der Waals surface area contributed by atoms with Crippen LogP contribution in [0.1, 0.15) is 28.4 Å². The van der Waals surface area contributed by atoms with Crippen molar-refractivity contribution >= 4 is 29.5 Å². The van der Waals surface area contributed by atoms with E-state index in [1.54, 1.807) is 43.5 Å². The van der Waals surface area contributed by atoms with Crippen molar-refractivity contribution in [1.82, 2.24) is 5.32 Å². The first kappa shape index (κ1) is 23.3. The molecule has 33 heavy (non-hydrogen) atoms. The van der Waals surface area contributed by atoms with Gasteiger partial charge in [-0.3, -0.25) is 14.4 Å². The molecule has 0 aromatic heterocycles. The van der Waals surface area contributed by atoms with Crippen LogP contribution in [0.3, 0.4) is 0 Å². The maximum atomic E-state index is 12.5. The minimum absolute atomic E-state index is 0.212. The zero-order chi connectivity index (χ0) is 23.6. The Balaban J connectivity index is 1.50. The molecule has 7 heteroatoms. The summed E-state index contributed by atoms with van der Waals surface area (Å²) in [6.07, 6.45) is 3.20. The first-order valence-corrected chi connectivity index (χ1v) is 10.2. The van der Waals surface area contributed by atoms with Crippen LogP contribution >= 0.6 is 0 Å². The summed E-state index contributed by atoms with van der Waals surface area (Å²) in [5, 5.41) is 5.61. The van der Waals surface area contributed by atoms with Gasteiger partial charge in [0.05, 0.1) is 7.11 Å². The number of esters is 1. The zero-order valence-electron chi connectivity index (χ0n) is 18.3. The predicted octanol–water partition coefficient (Wildman–Crippen LogP) is 4.20. The highest BCUT2D eigenvalue weighted by molar-refractivity contribution is 6.04. The second-order valence-electron chi connectivity index (χ2n) is 7.10. The van der Waals surface area contributed by atoms with Gasteiger partial charge in [0.25, 0.3) is 5.91 Å². The number of anilines is 1. The molecule has 0 aliphatic rings. The monoisotopic (exact) mass is 444 g/mol. The van der Waals surface area contributed by atoms with Crippen molar-refractivity contribution in [2.45, 2.75) is 13.5 Å². The van der Waals surface area contributed by atoms with Crippen molar-refractivity contribution in [2.75, 3.05) is 12.4 Å². The first-order valence-electron chi connectivity index (χ1n) is 10.2. The molecule has 0 heterocycles. The van der Waals surface area contributed by atoms with Crippen LogP contribution in [0.4, 0.5) is 5.69 Å². The summed E-state index contributed by atoms with van der Waals surface area (Å²) in [6, 6.07) is 20.9. The normalized spacial score (nSPS) is 10.5. The smallest absolute Gasteiger partial charge is 0.308 e. The molecule has 0 atom stereocenters. The van der Waals surface area contributed by atoms with E-state index in [4.69, 9.17) is 9.47 Å². The average Bonchev–Trinajstić information content (AvgIpc) is 2.82. The van der Waals surface area contributed by atoms with Gasteiger partial charge in [-0.15, -0.1) is 0 Å². The van der Waals surface area contributed by atoms with E-state index in [2.05, 4.69) is 10.6 Å². The van der Waals surface area contributed by atoms with E-state index < -0.39 is 5.97 Å². The van der Waals surface area contributed by atoms with Gasteiger partial charge in [-0.05, 0) is 59.7 Å². The molecule has 0 unspecified atom stereocenters. The summed E-state index contributed by atoms with van der Waals surface area (Å²) in [4.78, 5) is 35.6. The third-order valence-corrected chi connectivity index (χ3v) is 4.58. The van der Waals surface area contributed by atoms with Crippen LogP contribution in [0.2, 0.25) is 0 Å². The van der Waals surface area contributed by atoms with Gasteiger partial charge in [-0.1, -0.05) is 30.3 Å². The third kappa shape index (κ3) is 7.36. The lowest BCUT2D eigenvalue weighted by atomic mass is 10.1. The van der Waals surface area contributed by atoms with Crippen molar-refractivity contribution in [3.05, 3.63) is 95.6 Å². The van der Waals surface area contributed by atoms with Gasteiger partial charge in [0, 0.05) is 30.8 Å². The van der Waals surface area contributed by atoms with E-state index in [-0.39, 0.29) is 11.8 Å². The lowest BCUT2D eigenvalue weighted by Crippen LogP contribution is -2.20. The van der Waals surface area contributed by atoms with Gasteiger partial charge in [0.15, 0.2) is 0 Å². The Morgan fingerprint density at radius 3 is 2.30 bits per heavy atom. The summed E-state index contributed by atoms with van der Waals surface area (Å²) in [5.74, 6) is 0.0741. The predicted molar refractivity (Wildman–Crippen MR) is 126 cm³/mol. The maximum absolute atomic E-state index is 12.5. The number of carbonyl (C=O) groups excluding carboxylic acids is 3. The Morgan fingerprint density at radius 2 is 1.64 bits per heavy atom. The number of carbonyl (C=O) groups is 3. The molecule has 0 aliphatic carbocycles. The summed E-state index contributed by atoms with van der Waals surface area (Å²) >= 11 is 0. The quantitative estimate of drug-likeness (QED) is 0.309. The van der Waals surface area contributed by atoms with Crippen LogP contribution in [0.15, 0.2) is 78.9 Å². The third-order valence-electron chi connectivity index (χ3n) is 4.58. The fraction of sp³-hybridized carbons (Fsp3) is 0.115. The highest BCUT2D eigenvalue weighted by Crippen LogP contribution is 2.16. The van der Waals surface area contributed by atoms with E-state index in [9.17, 15) is 14.4 Å². The molecule has 0 aliphatic heterocycles. The van der Waals surface area contributed by atoms with Crippen molar-refractivity contribution in [1.29, 1.82) is 0 Å². The number of benzene rings is 3. The van der Waals surface area contributed by atoms with Gasteiger partial charge in [0.2, 0.25) is 5.91 Å². The Bertz CT molecular complexity index is 1150. The number of ether oxygens (including phenoxy) is 2. The highest BCUT2D eigenvalue weighted by atomic mass is 16.5. The molecule has 0 saturated heterocycles. The summed E-state index contributed by atoms with van der Waals surface area (Å²) in [7, 11) is 1.60. The summed E-state index contributed by atoms with van der Waals surface area (Å²) in [6.45, 7) is 1.65. The standard InChI is InChI=1S/C26H24N2O5/c1-18(29)33-24-5-3-4-21(16-24)26(31)28-22-11-6-20(7-12-22)17-27-25(30)15-10-19-8-13-23(32-2)14-9-19/h3-16H,17H2,1-2H3,(H,27,30)(H,28,31)/b15-10+. The molecule has 3 rings (SSSR count). The molecular formula is C26H24N2O5. The van der Waals surface area contributed by atoms with Gasteiger partial charge in [-0.25, -0.2) is 0 Å². The number of hydrogen-bond acceptors (Lipinski definition) is 5. The van der Waals surface area contributed by atoms with Crippen molar-refractivity contribution in [3.8, 4) is 11.5 Å². The molecule has 0 spiro atoms. The van der Waals surface area contributed by atoms with E-state index in [0.29, 0.717) is 23.5 Å². The van der Waals surface area contributed by atoms with Gasteiger partial charge >= 0.3 is 5.97 Å². The van der Waals surface area contributed by atoms with Crippen molar-refractivity contribution < 1.29 is 23.9 Å². The largest absolute Gasteiger partial charge is 0.497 e. The highest BCUT2D eigenvalue weighted by Gasteiger charge is 2.08. The fourth-order valence-electron chi connectivity index (χ4n) is 2.91. The lowest BCUT2D eigenvalue weighted by molar-refractivity contribution is -0.131. The number of rotatable bonds is 8. The number of nitrogens with one attached hydrogen (secondary N) is 2. The average molecular weight is 444 g/mol. The maximum Gasteiger partial charge on any atom is 0.308 e. The topological polar surface area (TPSA) is 93.7 Å². The SMILES string of the molecule is COc1ccc(/C=C/C(=O)NCc2ccc(NC(=O)c3cccc(OC(C)=O)c3)cc2)cc1. The molecule has 0 fully saturated rings. The summed E-state index contributed by atoms with van der Waals surface area (Å²) in [5.41, 5.74) is 2.75. The van der Waals surface area contributed by atoms with Crippen LogP contribution in [0.5, 0.6) is 11.5 Å². The van der Waals surface area contributed by atoms with Crippen LogP contribution in [0, 0.1) is 0 Å². The van der Waals surface area contributed by atoms with Crippen LogP contribution in [-0.2, 0) is 16.1 Å². The molecule has 3 aromatic rings. The molecule has 0 saturated carbocycles. The zero-order valence-corrected chi connectivity index (χ0v) is 18.3. The Labute approximate surface area is 192 Å². The van der Waals surface area contributed by atoms with Gasteiger partial charge in [0.1, 0.15) is 11.5 Å². The minimum Gasteiger partial charge on any atom is -0.497 e. The Morgan fingerprint density at radius 1 is 0.909 bits per heavy atom. The van der Waals surface area contributed by atoms with E-state index in [1.807, 2.05) is 36.4 Å². The lowest BCUT2D eigenvalue weighted by Gasteiger charge is -2.08. The number of hydrogen-bond donors (Lipinski definition) is 2. The van der Waals surface area contributed by atoms with Crippen molar-refractivity contribution in [3.63, 3.8) is 0 Å². The van der Waals surface area contributed by atoms with E-state index in [0.717, 1.165) is 16.9 Å². The molecule has 0 radical (unpaired) electrons. The minimum atomic E-state index is -0.452.